The third-order valence-electron chi connectivity index (χ3n) is 2.57. The predicted molar refractivity (Wildman–Crippen MR) is 65.1 cm³/mol. The van der Waals surface area contributed by atoms with E-state index in [0.29, 0.717) is 0 Å². The molecule has 0 saturated heterocycles. The van der Waals surface area contributed by atoms with Gasteiger partial charge in [0.1, 0.15) is 0 Å². The SMILES string of the molecule is Cc1ncsc1C(C)NC1C=CS(=O)(=O)C1. The first-order chi connectivity index (χ1) is 7.48. The zero-order valence-corrected chi connectivity index (χ0v) is 10.8. The lowest BCUT2D eigenvalue weighted by molar-refractivity contribution is 0.538. The molecule has 0 aliphatic carbocycles. The topological polar surface area (TPSA) is 59.1 Å². The molecule has 1 aromatic rings. The standard InChI is InChI=1S/C10H14N2O2S2/c1-7-10(15-6-11-7)8(2)12-9-3-4-16(13,14)5-9/h3-4,6,8-9,12H,5H2,1-2H3. The molecule has 2 rings (SSSR count). The summed E-state index contributed by atoms with van der Waals surface area (Å²) in [5, 5.41) is 4.57. The Kier molecular flexibility index (Phi) is 3.14. The molecule has 2 unspecified atom stereocenters. The first-order valence-electron chi connectivity index (χ1n) is 5.05. The number of aromatic nitrogens is 1. The first-order valence-corrected chi connectivity index (χ1v) is 7.64. The molecule has 1 N–H and O–H groups in total. The van der Waals surface area contributed by atoms with Gasteiger partial charge in [0.25, 0.3) is 0 Å². The maximum atomic E-state index is 11.2. The molecule has 0 bridgehead atoms. The van der Waals surface area contributed by atoms with Crippen LogP contribution in [0, 0.1) is 6.92 Å². The molecule has 6 heteroatoms. The van der Waals surface area contributed by atoms with E-state index in [4.69, 9.17) is 0 Å². The van der Waals surface area contributed by atoms with Gasteiger partial charge in [0.2, 0.25) is 0 Å². The first kappa shape index (κ1) is 11.8. The van der Waals surface area contributed by atoms with Crippen LogP contribution in [0.3, 0.4) is 0 Å². The van der Waals surface area contributed by atoms with Gasteiger partial charge in [0.05, 0.1) is 17.0 Å². The van der Waals surface area contributed by atoms with E-state index in [1.54, 1.807) is 17.4 Å². The Labute approximate surface area is 99.3 Å². The van der Waals surface area contributed by atoms with Gasteiger partial charge < -0.3 is 5.32 Å². The van der Waals surface area contributed by atoms with Gasteiger partial charge in [-0.15, -0.1) is 11.3 Å². The van der Waals surface area contributed by atoms with Gasteiger partial charge in [-0.2, -0.15) is 0 Å². The molecule has 16 heavy (non-hydrogen) atoms. The Bertz CT molecular complexity index is 505. The maximum absolute atomic E-state index is 11.2. The summed E-state index contributed by atoms with van der Waals surface area (Å²) in [4.78, 5) is 5.35. The second-order valence-corrected chi connectivity index (χ2v) is 6.77. The molecule has 1 aromatic heterocycles. The van der Waals surface area contributed by atoms with Crippen molar-refractivity contribution in [1.82, 2.24) is 10.3 Å². The van der Waals surface area contributed by atoms with Crippen LogP contribution in [0.25, 0.3) is 0 Å². The lowest BCUT2D eigenvalue weighted by Gasteiger charge is -2.16. The predicted octanol–water partition coefficient (Wildman–Crippen LogP) is 1.41. The minimum atomic E-state index is -2.98. The Morgan fingerprint density at radius 3 is 2.88 bits per heavy atom. The summed E-state index contributed by atoms with van der Waals surface area (Å²) >= 11 is 1.59. The highest BCUT2D eigenvalue weighted by atomic mass is 32.2. The molecule has 2 heterocycles. The summed E-state index contributed by atoms with van der Waals surface area (Å²) in [7, 11) is -2.98. The molecule has 88 valence electrons. The third kappa shape index (κ3) is 2.50. The molecular weight excluding hydrogens is 244 g/mol. The van der Waals surface area contributed by atoms with Crippen LogP contribution >= 0.6 is 11.3 Å². The molecule has 0 aromatic carbocycles. The quantitative estimate of drug-likeness (QED) is 0.890. The summed E-state index contributed by atoms with van der Waals surface area (Å²) in [5.74, 6) is 0.162. The monoisotopic (exact) mass is 258 g/mol. The van der Waals surface area contributed by atoms with Crippen LogP contribution in [0.2, 0.25) is 0 Å². The largest absolute Gasteiger partial charge is 0.302 e. The van der Waals surface area contributed by atoms with E-state index in [9.17, 15) is 8.42 Å². The molecule has 1 aliphatic rings. The van der Waals surface area contributed by atoms with Gasteiger partial charge in [-0.25, -0.2) is 13.4 Å². The number of hydrogen-bond acceptors (Lipinski definition) is 5. The fraction of sp³-hybridized carbons (Fsp3) is 0.500. The summed E-state index contributed by atoms with van der Waals surface area (Å²) in [6.07, 6.45) is 1.71. The van der Waals surface area contributed by atoms with Crippen LogP contribution in [0.5, 0.6) is 0 Å². The van der Waals surface area contributed by atoms with Crippen molar-refractivity contribution in [3.63, 3.8) is 0 Å². The van der Waals surface area contributed by atoms with Gasteiger partial charge >= 0.3 is 0 Å². The van der Waals surface area contributed by atoms with Crippen LogP contribution in [-0.4, -0.2) is 25.2 Å². The highest BCUT2D eigenvalue weighted by Gasteiger charge is 2.23. The highest BCUT2D eigenvalue weighted by molar-refractivity contribution is 7.94. The van der Waals surface area contributed by atoms with Crippen LogP contribution in [0.4, 0.5) is 0 Å². The van der Waals surface area contributed by atoms with Crippen LogP contribution in [-0.2, 0) is 9.84 Å². The number of nitrogens with one attached hydrogen (secondary N) is 1. The average Bonchev–Trinajstić information content (AvgIpc) is 2.72. The lowest BCUT2D eigenvalue weighted by Crippen LogP contribution is -2.32. The van der Waals surface area contributed by atoms with E-state index < -0.39 is 9.84 Å². The molecule has 0 radical (unpaired) electrons. The van der Waals surface area contributed by atoms with Crippen LogP contribution < -0.4 is 5.32 Å². The second-order valence-electron chi connectivity index (χ2n) is 3.95. The molecule has 1 aliphatic heterocycles. The summed E-state index contributed by atoms with van der Waals surface area (Å²) in [5.41, 5.74) is 2.82. The zero-order valence-electron chi connectivity index (χ0n) is 9.17. The Morgan fingerprint density at radius 2 is 2.38 bits per heavy atom. The fourth-order valence-electron chi connectivity index (χ4n) is 1.80. The minimum Gasteiger partial charge on any atom is -0.302 e. The van der Waals surface area contributed by atoms with Crippen molar-refractivity contribution in [1.29, 1.82) is 0 Å². The molecule has 0 spiro atoms. The van der Waals surface area contributed by atoms with Crippen molar-refractivity contribution < 1.29 is 8.42 Å². The van der Waals surface area contributed by atoms with Crippen molar-refractivity contribution in [3.8, 4) is 0 Å². The smallest absolute Gasteiger partial charge is 0.173 e. The number of rotatable bonds is 3. The van der Waals surface area contributed by atoms with Crippen molar-refractivity contribution in [2.75, 3.05) is 5.75 Å². The van der Waals surface area contributed by atoms with E-state index in [-0.39, 0.29) is 17.8 Å². The van der Waals surface area contributed by atoms with Crippen LogP contribution in [0.1, 0.15) is 23.5 Å². The zero-order chi connectivity index (χ0) is 11.8. The fourth-order valence-corrected chi connectivity index (χ4v) is 3.87. The van der Waals surface area contributed by atoms with E-state index in [0.717, 1.165) is 10.6 Å². The Balaban J connectivity index is 2.02. The maximum Gasteiger partial charge on any atom is 0.173 e. The molecule has 2 atom stereocenters. The van der Waals surface area contributed by atoms with Crippen molar-refractivity contribution in [3.05, 3.63) is 27.6 Å². The van der Waals surface area contributed by atoms with Gasteiger partial charge in [0.15, 0.2) is 9.84 Å². The van der Waals surface area contributed by atoms with Crippen molar-refractivity contribution >= 4 is 21.2 Å². The van der Waals surface area contributed by atoms with Gasteiger partial charge in [0, 0.05) is 22.4 Å². The van der Waals surface area contributed by atoms with Gasteiger partial charge in [-0.3, -0.25) is 0 Å². The van der Waals surface area contributed by atoms with Gasteiger partial charge in [-0.05, 0) is 13.8 Å². The minimum absolute atomic E-state index is 0.0819. The summed E-state index contributed by atoms with van der Waals surface area (Å²) in [6.45, 7) is 3.99. The lowest BCUT2D eigenvalue weighted by atomic mass is 10.2. The number of hydrogen-bond donors (Lipinski definition) is 1. The number of nitrogens with zero attached hydrogens (tertiary/aromatic N) is 1. The van der Waals surface area contributed by atoms with E-state index in [1.807, 2.05) is 19.4 Å². The van der Waals surface area contributed by atoms with Crippen molar-refractivity contribution in [2.24, 2.45) is 0 Å². The number of aryl methyl sites for hydroxylation is 1. The molecule has 0 fully saturated rings. The van der Waals surface area contributed by atoms with Crippen LogP contribution in [0.15, 0.2) is 17.0 Å². The highest BCUT2D eigenvalue weighted by Crippen LogP contribution is 2.22. The number of sulfone groups is 1. The van der Waals surface area contributed by atoms with E-state index in [1.165, 1.54) is 5.41 Å². The number of thiazole rings is 1. The Morgan fingerprint density at radius 1 is 1.62 bits per heavy atom. The molecule has 0 amide bonds. The molecule has 4 nitrogen and oxygen atoms in total. The summed E-state index contributed by atoms with van der Waals surface area (Å²) in [6, 6.07) is 0.0527. The van der Waals surface area contributed by atoms with E-state index >= 15 is 0 Å². The average molecular weight is 258 g/mol. The van der Waals surface area contributed by atoms with E-state index in [2.05, 4.69) is 10.3 Å². The van der Waals surface area contributed by atoms with Crippen molar-refractivity contribution in [2.45, 2.75) is 25.9 Å². The summed E-state index contributed by atoms with van der Waals surface area (Å²) < 4.78 is 22.5. The van der Waals surface area contributed by atoms with Gasteiger partial charge in [-0.1, -0.05) is 6.08 Å². The Hall–Kier alpha value is -0.720. The molecule has 0 saturated carbocycles. The molecular formula is C10H14N2O2S2. The third-order valence-corrected chi connectivity index (χ3v) is 5.08. The normalized spacial score (nSPS) is 24.8. The second kappa shape index (κ2) is 4.27.